The van der Waals surface area contributed by atoms with E-state index in [2.05, 4.69) is 18.2 Å². The molecule has 0 spiro atoms. The first-order chi connectivity index (χ1) is 5.97. The zero-order chi connectivity index (χ0) is 10.1. The Morgan fingerprint density at radius 3 is 2.38 bits per heavy atom. The zero-order valence-electron chi connectivity index (χ0n) is 8.72. The quantitative estimate of drug-likeness (QED) is 0.633. The number of rotatable bonds is 2. The van der Waals surface area contributed by atoms with Crippen molar-refractivity contribution in [2.75, 3.05) is 0 Å². The highest BCUT2D eigenvalue weighted by molar-refractivity contribution is 5.68. The minimum atomic E-state index is -0.365. The smallest absolute Gasteiger partial charge is 0.129 e. The van der Waals surface area contributed by atoms with E-state index in [1.807, 2.05) is 27.7 Å². The monoisotopic (exact) mass is 176 g/mol. The van der Waals surface area contributed by atoms with Gasteiger partial charge in [0, 0.05) is 5.41 Å². The fraction of sp³-hybridized carbons (Fsp3) is 0.417. The van der Waals surface area contributed by atoms with E-state index in [1.165, 1.54) is 11.1 Å². The highest BCUT2D eigenvalue weighted by Gasteiger charge is 2.21. The van der Waals surface area contributed by atoms with Gasteiger partial charge in [-0.2, -0.15) is 0 Å². The maximum atomic E-state index is 10.9. The van der Waals surface area contributed by atoms with E-state index >= 15 is 0 Å². The van der Waals surface area contributed by atoms with Crippen LogP contribution in [0.4, 0.5) is 0 Å². The fourth-order valence-corrected chi connectivity index (χ4v) is 1.49. The van der Waals surface area contributed by atoms with Crippen molar-refractivity contribution in [3.05, 3.63) is 34.9 Å². The molecule has 0 saturated carbocycles. The molecular weight excluding hydrogens is 160 g/mol. The SMILES string of the molecule is Cc1ccc(C)c(C(C)(C)C=O)c1. The highest BCUT2D eigenvalue weighted by atomic mass is 16.1. The Labute approximate surface area is 79.8 Å². The molecule has 1 aromatic rings. The first-order valence-electron chi connectivity index (χ1n) is 4.51. The van der Waals surface area contributed by atoms with Crippen LogP contribution in [0.25, 0.3) is 0 Å². The summed E-state index contributed by atoms with van der Waals surface area (Å²) >= 11 is 0. The van der Waals surface area contributed by atoms with E-state index in [4.69, 9.17) is 0 Å². The van der Waals surface area contributed by atoms with Gasteiger partial charge in [-0.25, -0.2) is 0 Å². The van der Waals surface area contributed by atoms with Crippen LogP contribution >= 0.6 is 0 Å². The van der Waals surface area contributed by atoms with Crippen LogP contribution in [0.1, 0.15) is 30.5 Å². The average Bonchev–Trinajstić information content (AvgIpc) is 2.09. The molecule has 0 aliphatic heterocycles. The van der Waals surface area contributed by atoms with E-state index in [9.17, 15) is 4.79 Å². The summed E-state index contributed by atoms with van der Waals surface area (Å²) in [5.74, 6) is 0. The molecule has 1 aromatic carbocycles. The Bertz CT molecular complexity index is 324. The van der Waals surface area contributed by atoms with Crippen molar-refractivity contribution in [3.8, 4) is 0 Å². The zero-order valence-corrected chi connectivity index (χ0v) is 8.72. The Kier molecular flexibility index (Phi) is 2.55. The molecule has 0 aromatic heterocycles. The Balaban J connectivity index is 3.28. The molecule has 0 amide bonds. The van der Waals surface area contributed by atoms with Crippen molar-refractivity contribution >= 4 is 6.29 Å². The maximum absolute atomic E-state index is 10.9. The summed E-state index contributed by atoms with van der Waals surface area (Å²) < 4.78 is 0. The number of carbonyl (C=O) groups excluding carboxylic acids is 1. The third-order valence-electron chi connectivity index (χ3n) is 2.38. The number of aryl methyl sites for hydroxylation is 2. The molecule has 1 nitrogen and oxygen atoms in total. The number of aldehydes is 1. The van der Waals surface area contributed by atoms with Gasteiger partial charge in [0.15, 0.2) is 0 Å². The lowest BCUT2D eigenvalue weighted by atomic mass is 9.83. The van der Waals surface area contributed by atoms with Gasteiger partial charge in [-0.3, -0.25) is 0 Å². The summed E-state index contributed by atoms with van der Waals surface area (Å²) in [6, 6.07) is 6.22. The lowest BCUT2D eigenvalue weighted by molar-refractivity contribution is -0.111. The first-order valence-corrected chi connectivity index (χ1v) is 4.51. The summed E-state index contributed by atoms with van der Waals surface area (Å²) in [6.07, 6.45) is 1.01. The largest absolute Gasteiger partial charge is 0.302 e. The van der Waals surface area contributed by atoms with Gasteiger partial charge in [-0.1, -0.05) is 23.8 Å². The molecule has 1 rings (SSSR count). The van der Waals surface area contributed by atoms with Crippen LogP contribution in [0.15, 0.2) is 18.2 Å². The van der Waals surface area contributed by atoms with E-state index in [0.717, 1.165) is 11.8 Å². The number of hydrogen-bond donors (Lipinski definition) is 0. The van der Waals surface area contributed by atoms with Gasteiger partial charge in [0.2, 0.25) is 0 Å². The lowest BCUT2D eigenvalue weighted by Gasteiger charge is -2.20. The van der Waals surface area contributed by atoms with Crippen LogP contribution < -0.4 is 0 Å². The first kappa shape index (κ1) is 9.97. The molecule has 0 heterocycles. The highest BCUT2D eigenvalue weighted by Crippen LogP contribution is 2.24. The summed E-state index contributed by atoms with van der Waals surface area (Å²) in [6.45, 7) is 7.98. The number of benzene rings is 1. The molecule has 0 aliphatic carbocycles. The third-order valence-corrected chi connectivity index (χ3v) is 2.38. The Morgan fingerprint density at radius 1 is 1.23 bits per heavy atom. The van der Waals surface area contributed by atoms with Crippen molar-refractivity contribution in [3.63, 3.8) is 0 Å². The molecule has 0 aliphatic rings. The summed E-state index contributed by atoms with van der Waals surface area (Å²) in [5.41, 5.74) is 3.15. The van der Waals surface area contributed by atoms with E-state index < -0.39 is 0 Å². The minimum Gasteiger partial charge on any atom is -0.302 e. The second kappa shape index (κ2) is 3.33. The van der Waals surface area contributed by atoms with Gasteiger partial charge in [0.25, 0.3) is 0 Å². The molecule has 0 bridgehead atoms. The molecule has 0 unspecified atom stereocenters. The number of hydrogen-bond acceptors (Lipinski definition) is 1. The average molecular weight is 176 g/mol. The third kappa shape index (κ3) is 1.97. The topological polar surface area (TPSA) is 17.1 Å². The molecular formula is C12H16O. The molecule has 13 heavy (non-hydrogen) atoms. The molecule has 0 radical (unpaired) electrons. The van der Waals surface area contributed by atoms with Crippen LogP contribution in [0.5, 0.6) is 0 Å². The van der Waals surface area contributed by atoms with Crippen molar-refractivity contribution in [1.29, 1.82) is 0 Å². The van der Waals surface area contributed by atoms with Gasteiger partial charge >= 0.3 is 0 Å². The second-order valence-corrected chi connectivity index (χ2v) is 4.16. The molecule has 70 valence electrons. The molecule has 1 heteroatoms. The predicted octanol–water partition coefficient (Wildman–Crippen LogP) is 2.78. The normalized spacial score (nSPS) is 11.4. The van der Waals surface area contributed by atoms with Gasteiger partial charge in [-0.15, -0.1) is 0 Å². The Morgan fingerprint density at radius 2 is 1.85 bits per heavy atom. The summed E-state index contributed by atoms with van der Waals surface area (Å²) in [7, 11) is 0. The van der Waals surface area contributed by atoms with Crippen LogP contribution in [-0.2, 0) is 10.2 Å². The summed E-state index contributed by atoms with van der Waals surface area (Å²) in [4.78, 5) is 10.9. The lowest BCUT2D eigenvalue weighted by Crippen LogP contribution is -2.20. The minimum absolute atomic E-state index is 0.365. The van der Waals surface area contributed by atoms with E-state index in [1.54, 1.807) is 0 Å². The predicted molar refractivity (Wildman–Crippen MR) is 55.0 cm³/mol. The summed E-state index contributed by atoms with van der Waals surface area (Å²) in [5, 5.41) is 0. The standard InChI is InChI=1S/C12H16O/c1-9-5-6-10(2)11(7-9)12(3,4)8-13/h5-8H,1-4H3. The van der Waals surface area contributed by atoms with Gasteiger partial charge < -0.3 is 4.79 Å². The van der Waals surface area contributed by atoms with Crippen LogP contribution in [-0.4, -0.2) is 6.29 Å². The fourth-order valence-electron chi connectivity index (χ4n) is 1.49. The van der Waals surface area contributed by atoms with Crippen molar-refractivity contribution in [1.82, 2.24) is 0 Å². The molecule has 0 atom stereocenters. The molecule has 0 N–H and O–H groups in total. The van der Waals surface area contributed by atoms with Crippen molar-refractivity contribution in [2.45, 2.75) is 33.1 Å². The molecule has 0 saturated heterocycles. The Hall–Kier alpha value is -1.11. The van der Waals surface area contributed by atoms with Gasteiger partial charge in [0.05, 0.1) is 0 Å². The number of carbonyl (C=O) groups is 1. The van der Waals surface area contributed by atoms with Crippen LogP contribution in [0.3, 0.4) is 0 Å². The van der Waals surface area contributed by atoms with E-state index in [-0.39, 0.29) is 5.41 Å². The maximum Gasteiger partial charge on any atom is 0.129 e. The van der Waals surface area contributed by atoms with Crippen LogP contribution in [0, 0.1) is 13.8 Å². The van der Waals surface area contributed by atoms with Crippen LogP contribution in [0.2, 0.25) is 0 Å². The van der Waals surface area contributed by atoms with Crippen molar-refractivity contribution < 1.29 is 4.79 Å². The molecule has 0 fully saturated rings. The van der Waals surface area contributed by atoms with Gasteiger partial charge in [-0.05, 0) is 38.8 Å². The van der Waals surface area contributed by atoms with E-state index in [0.29, 0.717) is 0 Å². The van der Waals surface area contributed by atoms with Crippen molar-refractivity contribution in [2.24, 2.45) is 0 Å². The van der Waals surface area contributed by atoms with Gasteiger partial charge in [0.1, 0.15) is 6.29 Å². The second-order valence-electron chi connectivity index (χ2n) is 4.16.